The van der Waals surface area contributed by atoms with Crippen LogP contribution in [0.4, 0.5) is 4.79 Å². The van der Waals surface area contributed by atoms with Crippen LogP contribution in [0.1, 0.15) is 35.3 Å². The molecule has 3 amide bonds. The lowest BCUT2D eigenvalue weighted by atomic mass is 10.1. The standard InChI is InChI=1S/C22H29N3O4/c1-15(2)25-22(27)24-14-17-5-8-18(9-6-17)21(26)23-12-11-16-7-10-19(28-3)20(13-16)29-4/h5-10,13,15H,11-12,14H2,1-4H3,(H,23,26)(H2,24,25,27). The fraction of sp³-hybridized carbons (Fsp3) is 0.364. The zero-order valence-electron chi connectivity index (χ0n) is 17.4. The number of amides is 3. The summed E-state index contributed by atoms with van der Waals surface area (Å²) in [7, 11) is 3.19. The van der Waals surface area contributed by atoms with Crippen LogP contribution >= 0.6 is 0 Å². The second kappa shape index (κ2) is 10.9. The summed E-state index contributed by atoms with van der Waals surface area (Å²) >= 11 is 0. The molecule has 29 heavy (non-hydrogen) atoms. The number of benzene rings is 2. The lowest BCUT2D eigenvalue weighted by Gasteiger charge is -2.11. The van der Waals surface area contributed by atoms with E-state index in [1.165, 1.54) is 0 Å². The van der Waals surface area contributed by atoms with E-state index in [2.05, 4.69) is 16.0 Å². The molecule has 2 rings (SSSR count). The van der Waals surface area contributed by atoms with Gasteiger partial charge < -0.3 is 25.4 Å². The Labute approximate surface area is 171 Å². The van der Waals surface area contributed by atoms with Gasteiger partial charge in [0, 0.05) is 24.7 Å². The third-order valence-corrected chi connectivity index (χ3v) is 4.24. The summed E-state index contributed by atoms with van der Waals surface area (Å²) < 4.78 is 10.5. The molecule has 0 unspecified atom stereocenters. The minimum atomic E-state index is -0.211. The van der Waals surface area contributed by atoms with E-state index in [-0.39, 0.29) is 18.0 Å². The number of ether oxygens (including phenoxy) is 2. The Kier molecular flexibility index (Phi) is 8.33. The third-order valence-electron chi connectivity index (χ3n) is 4.24. The maximum atomic E-state index is 12.3. The number of hydrogen-bond donors (Lipinski definition) is 3. The Hall–Kier alpha value is -3.22. The van der Waals surface area contributed by atoms with E-state index in [9.17, 15) is 9.59 Å². The van der Waals surface area contributed by atoms with Crippen LogP contribution < -0.4 is 25.4 Å². The first-order valence-corrected chi connectivity index (χ1v) is 9.55. The first kappa shape index (κ1) is 22.1. The molecular weight excluding hydrogens is 370 g/mol. The van der Waals surface area contributed by atoms with E-state index in [0.717, 1.165) is 11.1 Å². The molecule has 0 spiro atoms. The molecule has 0 saturated carbocycles. The average Bonchev–Trinajstić information content (AvgIpc) is 2.71. The molecule has 156 valence electrons. The molecule has 2 aromatic carbocycles. The second-order valence-electron chi connectivity index (χ2n) is 6.87. The van der Waals surface area contributed by atoms with Crippen molar-refractivity contribution in [3.05, 3.63) is 59.2 Å². The maximum Gasteiger partial charge on any atom is 0.315 e. The Morgan fingerprint density at radius 1 is 0.897 bits per heavy atom. The van der Waals surface area contributed by atoms with Crippen LogP contribution in [0.25, 0.3) is 0 Å². The molecule has 2 aromatic rings. The highest BCUT2D eigenvalue weighted by Gasteiger charge is 2.08. The smallest absolute Gasteiger partial charge is 0.315 e. The number of nitrogens with one attached hydrogen (secondary N) is 3. The van der Waals surface area contributed by atoms with Crippen LogP contribution in [-0.2, 0) is 13.0 Å². The van der Waals surface area contributed by atoms with Gasteiger partial charge >= 0.3 is 6.03 Å². The van der Waals surface area contributed by atoms with Gasteiger partial charge in [-0.2, -0.15) is 0 Å². The Balaban J connectivity index is 1.81. The predicted octanol–water partition coefficient (Wildman–Crippen LogP) is 2.88. The number of methoxy groups -OCH3 is 2. The Bertz CT molecular complexity index is 819. The summed E-state index contributed by atoms with van der Waals surface area (Å²) in [5, 5.41) is 8.46. The molecule has 0 fully saturated rings. The highest BCUT2D eigenvalue weighted by Crippen LogP contribution is 2.27. The second-order valence-corrected chi connectivity index (χ2v) is 6.87. The molecular formula is C22H29N3O4. The summed E-state index contributed by atoms with van der Waals surface area (Å²) in [6, 6.07) is 12.7. The van der Waals surface area contributed by atoms with E-state index in [0.29, 0.717) is 36.6 Å². The first-order valence-electron chi connectivity index (χ1n) is 9.55. The summed E-state index contributed by atoms with van der Waals surface area (Å²) in [5.74, 6) is 1.21. The quantitative estimate of drug-likeness (QED) is 0.605. The van der Waals surface area contributed by atoms with Crippen LogP contribution in [0.15, 0.2) is 42.5 Å². The number of urea groups is 1. The topological polar surface area (TPSA) is 88.7 Å². The molecule has 7 nitrogen and oxygen atoms in total. The minimum absolute atomic E-state index is 0.0834. The Morgan fingerprint density at radius 2 is 1.55 bits per heavy atom. The van der Waals surface area contributed by atoms with Gasteiger partial charge in [0.1, 0.15) is 0 Å². The lowest BCUT2D eigenvalue weighted by molar-refractivity contribution is 0.0954. The van der Waals surface area contributed by atoms with Gasteiger partial charge in [0.05, 0.1) is 14.2 Å². The van der Waals surface area contributed by atoms with Crippen molar-refractivity contribution in [2.45, 2.75) is 32.9 Å². The van der Waals surface area contributed by atoms with E-state index in [1.807, 2.05) is 44.2 Å². The van der Waals surface area contributed by atoms with Crippen molar-refractivity contribution in [3.63, 3.8) is 0 Å². The van der Waals surface area contributed by atoms with Crippen LogP contribution in [0.3, 0.4) is 0 Å². The summed E-state index contributed by atoms with van der Waals surface area (Å²) in [6.07, 6.45) is 0.680. The van der Waals surface area contributed by atoms with Gasteiger partial charge in [-0.25, -0.2) is 4.79 Å². The number of hydrogen-bond acceptors (Lipinski definition) is 4. The van der Waals surface area contributed by atoms with Gasteiger partial charge in [-0.1, -0.05) is 18.2 Å². The lowest BCUT2D eigenvalue weighted by Crippen LogP contribution is -2.39. The average molecular weight is 399 g/mol. The van der Waals surface area contributed by atoms with Crippen molar-refractivity contribution in [1.29, 1.82) is 0 Å². The zero-order chi connectivity index (χ0) is 21.2. The molecule has 0 aliphatic carbocycles. The van der Waals surface area contributed by atoms with Gasteiger partial charge in [-0.15, -0.1) is 0 Å². The summed E-state index contributed by atoms with van der Waals surface area (Å²) in [4.78, 5) is 23.9. The molecule has 0 atom stereocenters. The molecule has 0 aliphatic heterocycles. The van der Waals surface area contributed by atoms with Crippen molar-refractivity contribution in [2.24, 2.45) is 0 Å². The third kappa shape index (κ3) is 7.03. The molecule has 0 heterocycles. The van der Waals surface area contributed by atoms with Crippen molar-refractivity contribution < 1.29 is 19.1 Å². The van der Waals surface area contributed by atoms with Gasteiger partial charge in [-0.3, -0.25) is 4.79 Å². The number of carbonyl (C=O) groups excluding carboxylic acids is 2. The van der Waals surface area contributed by atoms with Crippen LogP contribution in [0.5, 0.6) is 11.5 Å². The van der Waals surface area contributed by atoms with Gasteiger partial charge in [0.2, 0.25) is 0 Å². The van der Waals surface area contributed by atoms with Crippen LogP contribution in [0, 0.1) is 0 Å². The van der Waals surface area contributed by atoms with Crippen molar-refractivity contribution >= 4 is 11.9 Å². The fourth-order valence-corrected chi connectivity index (χ4v) is 2.73. The number of rotatable bonds is 9. The molecule has 7 heteroatoms. The normalized spacial score (nSPS) is 10.4. The maximum absolute atomic E-state index is 12.3. The Morgan fingerprint density at radius 3 is 2.17 bits per heavy atom. The molecule has 0 aromatic heterocycles. The van der Waals surface area contributed by atoms with Crippen molar-refractivity contribution in [3.8, 4) is 11.5 Å². The molecule has 0 radical (unpaired) electrons. The molecule has 3 N–H and O–H groups in total. The van der Waals surface area contributed by atoms with Crippen LogP contribution in [-0.4, -0.2) is 38.7 Å². The van der Waals surface area contributed by atoms with Crippen LogP contribution in [0.2, 0.25) is 0 Å². The number of carbonyl (C=O) groups is 2. The van der Waals surface area contributed by atoms with E-state index in [1.54, 1.807) is 26.4 Å². The summed E-state index contributed by atoms with van der Waals surface area (Å²) in [6.45, 7) is 4.71. The zero-order valence-corrected chi connectivity index (χ0v) is 17.4. The SMILES string of the molecule is COc1ccc(CCNC(=O)c2ccc(CNC(=O)NC(C)C)cc2)cc1OC. The minimum Gasteiger partial charge on any atom is -0.493 e. The molecule has 0 aliphatic rings. The predicted molar refractivity (Wildman–Crippen MR) is 113 cm³/mol. The van der Waals surface area contributed by atoms with Gasteiger partial charge in [0.25, 0.3) is 5.91 Å². The van der Waals surface area contributed by atoms with Gasteiger partial charge in [0.15, 0.2) is 11.5 Å². The summed E-state index contributed by atoms with van der Waals surface area (Å²) in [5.41, 5.74) is 2.54. The van der Waals surface area contributed by atoms with E-state index < -0.39 is 0 Å². The van der Waals surface area contributed by atoms with E-state index >= 15 is 0 Å². The largest absolute Gasteiger partial charge is 0.493 e. The highest BCUT2D eigenvalue weighted by atomic mass is 16.5. The van der Waals surface area contributed by atoms with E-state index in [4.69, 9.17) is 9.47 Å². The van der Waals surface area contributed by atoms with Crippen molar-refractivity contribution in [2.75, 3.05) is 20.8 Å². The fourth-order valence-electron chi connectivity index (χ4n) is 2.73. The van der Waals surface area contributed by atoms with Crippen molar-refractivity contribution in [1.82, 2.24) is 16.0 Å². The monoisotopic (exact) mass is 399 g/mol. The molecule has 0 bridgehead atoms. The highest BCUT2D eigenvalue weighted by molar-refractivity contribution is 5.94. The first-order chi connectivity index (χ1) is 13.9. The molecule has 0 saturated heterocycles. The van der Waals surface area contributed by atoms with Gasteiger partial charge in [-0.05, 0) is 55.7 Å².